The summed E-state index contributed by atoms with van der Waals surface area (Å²) in [4.78, 5) is 1.30. The first-order chi connectivity index (χ1) is 8.51. The van der Waals surface area contributed by atoms with Crippen molar-refractivity contribution in [3.63, 3.8) is 0 Å². The minimum absolute atomic E-state index is 0.162. The topological polar surface area (TPSA) is 70.0 Å². The molecular formula is C10H7BrN2O2S3. The highest BCUT2D eigenvalue weighted by Crippen LogP contribution is 2.22. The van der Waals surface area contributed by atoms with Crippen LogP contribution in [-0.4, -0.2) is 8.42 Å². The lowest BCUT2D eigenvalue weighted by Crippen LogP contribution is -2.21. The fourth-order valence-corrected chi connectivity index (χ4v) is 4.85. The molecule has 0 fully saturated rings. The largest absolute Gasteiger partial charge is 0.250 e. The van der Waals surface area contributed by atoms with Gasteiger partial charge in [-0.05, 0) is 34.1 Å². The van der Waals surface area contributed by atoms with Crippen molar-refractivity contribution in [2.75, 3.05) is 0 Å². The van der Waals surface area contributed by atoms with Crippen molar-refractivity contribution < 1.29 is 8.42 Å². The van der Waals surface area contributed by atoms with Gasteiger partial charge in [0, 0.05) is 21.3 Å². The smallest absolute Gasteiger partial charge is 0.206 e. The number of sulfonamides is 1. The van der Waals surface area contributed by atoms with Crippen molar-refractivity contribution in [3.05, 3.63) is 37.8 Å². The molecule has 18 heavy (non-hydrogen) atoms. The molecule has 2 aromatic heterocycles. The third-order valence-electron chi connectivity index (χ3n) is 2.01. The van der Waals surface area contributed by atoms with Crippen LogP contribution in [0, 0.1) is 11.3 Å². The van der Waals surface area contributed by atoms with Gasteiger partial charge < -0.3 is 0 Å². The molecule has 0 aliphatic carbocycles. The van der Waals surface area contributed by atoms with Crippen molar-refractivity contribution in [1.82, 2.24) is 4.72 Å². The van der Waals surface area contributed by atoms with Crippen molar-refractivity contribution in [2.45, 2.75) is 10.8 Å². The van der Waals surface area contributed by atoms with Gasteiger partial charge in [-0.3, -0.25) is 0 Å². The molecule has 0 radical (unpaired) electrons. The maximum atomic E-state index is 11.9. The Morgan fingerprint density at radius 1 is 1.44 bits per heavy atom. The summed E-state index contributed by atoms with van der Waals surface area (Å²) >= 11 is 5.74. The summed E-state index contributed by atoms with van der Waals surface area (Å²) < 4.78 is 27.5. The number of nitriles is 1. The lowest BCUT2D eigenvalue weighted by Gasteiger charge is -2.02. The van der Waals surface area contributed by atoms with Crippen LogP contribution in [0.15, 0.2) is 32.3 Å². The fraction of sp³-hybridized carbons (Fsp3) is 0.100. The number of nitrogens with zero attached hydrogens (tertiary/aromatic N) is 1. The molecule has 0 saturated heterocycles. The van der Waals surface area contributed by atoms with E-state index in [1.165, 1.54) is 23.5 Å². The van der Waals surface area contributed by atoms with Gasteiger partial charge in [0.1, 0.15) is 15.2 Å². The Bertz CT molecular complexity index is 697. The number of thiophene rings is 2. The third kappa shape index (κ3) is 3.18. The van der Waals surface area contributed by atoms with Gasteiger partial charge in [0.05, 0.1) is 0 Å². The molecule has 1 N–H and O–H groups in total. The average molecular weight is 363 g/mol. The van der Waals surface area contributed by atoms with E-state index in [0.717, 1.165) is 20.7 Å². The Labute approximate surface area is 121 Å². The van der Waals surface area contributed by atoms with E-state index in [4.69, 9.17) is 5.26 Å². The van der Waals surface area contributed by atoms with Crippen molar-refractivity contribution in [1.29, 1.82) is 5.26 Å². The standard InChI is InChI=1S/C10H7BrN2O2S3/c11-7-3-9(16-6-7)5-13-18(14,15)10-2-1-8(4-12)17-10/h1-3,6,13H,5H2. The maximum Gasteiger partial charge on any atom is 0.250 e. The molecule has 2 heterocycles. The van der Waals surface area contributed by atoms with E-state index in [1.807, 2.05) is 17.5 Å². The van der Waals surface area contributed by atoms with E-state index in [9.17, 15) is 8.42 Å². The van der Waals surface area contributed by atoms with E-state index >= 15 is 0 Å². The Hall–Kier alpha value is -0.720. The zero-order valence-corrected chi connectivity index (χ0v) is 12.9. The lowest BCUT2D eigenvalue weighted by atomic mass is 10.5. The van der Waals surface area contributed by atoms with Gasteiger partial charge in [-0.15, -0.1) is 22.7 Å². The van der Waals surface area contributed by atoms with Crippen LogP contribution in [0.5, 0.6) is 0 Å². The monoisotopic (exact) mass is 362 g/mol. The molecule has 0 unspecified atom stereocenters. The number of hydrogen-bond acceptors (Lipinski definition) is 5. The first kappa shape index (κ1) is 13.7. The molecule has 0 aromatic carbocycles. The van der Waals surface area contributed by atoms with Crippen LogP contribution in [0.1, 0.15) is 9.75 Å². The Morgan fingerprint density at radius 3 is 2.78 bits per heavy atom. The minimum atomic E-state index is -3.53. The van der Waals surface area contributed by atoms with Gasteiger partial charge in [0.25, 0.3) is 0 Å². The molecule has 0 spiro atoms. The van der Waals surface area contributed by atoms with Crippen LogP contribution in [0.3, 0.4) is 0 Å². The lowest BCUT2D eigenvalue weighted by molar-refractivity contribution is 0.584. The van der Waals surface area contributed by atoms with Gasteiger partial charge in [-0.2, -0.15) is 5.26 Å². The van der Waals surface area contributed by atoms with E-state index in [0.29, 0.717) is 4.88 Å². The molecule has 0 aliphatic heterocycles. The number of halogens is 1. The van der Waals surface area contributed by atoms with Crippen LogP contribution >= 0.6 is 38.6 Å². The van der Waals surface area contributed by atoms with E-state index in [1.54, 1.807) is 0 Å². The first-order valence-corrected chi connectivity index (χ1v) is 8.71. The van der Waals surface area contributed by atoms with Crippen molar-refractivity contribution >= 4 is 48.6 Å². The molecule has 0 amide bonds. The van der Waals surface area contributed by atoms with Crippen LogP contribution < -0.4 is 4.72 Å². The molecule has 2 aromatic rings. The summed E-state index contributed by atoms with van der Waals surface area (Å²) in [5, 5.41) is 10.6. The molecule has 2 rings (SSSR count). The molecule has 94 valence electrons. The predicted molar refractivity (Wildman–Crippen MR) is 75.1 cm³/mol. The minimum Gasteiger partial charge on any atom is -0.206 e. The van der Waals surface area contributed by atoms with E-state index < -0.39 is 10.0 Å². The molecule has 0 atom stereocenters. The predicted octanol–water partition coefficient (Wildman–Crippen LogP) is 2.92. The normalized spacial score (nSPS) is 11.3. The summed E-state index contributed by atoms with van der Waals surface area (Å²) in [6.45, 7) is 0.248. The Kier molecular flexibility index (Phi) is 4.19. The quantitative estimate of drug-likeness (QED) is 0.908. The molecule has 0 bridgehead atoms. The highest BCUT2D eigenvalue weighted by Gasteiger charge is 2.16. The van der Waals surface area contributed by atoms with E-state index in [-0.39, 0.29) is 10.8 Å². The van der Waals surface area contributed by atoms with Gasteiger partial charge in [-0.1, -0.05) is 0 Å². The highest BCUT2D eigenvalue weighted by atomic mass is 79.9. The first-order valence-electron chi connectivity index (χ1n) is 4.74. The SMILES string of the molecule is N#Cc1ccc(S(=O)(=O)NCc2cc(Br)cs2)s1. The zero-order chi connectivity index (χ0) is 13.2. The second-order valence-corrected chi connectivity index (χ2v) is 8.28. The van der Waals surface area contributed by atoms with Crippen LogP contribution in [0.25, 0.3) is 0 Å². The summed E-state index contributed by atoms with van der Waals surface area (Å²) in [5.41, 5.74) is 0. The van der Waals surface area contributed by atoms with Gasteiger partial charge in [0.2, 0.25) is 10.0 Å². The van der Waals surface area contributed by atoms with Gasteiger partial charge in [-0.25, -0.2) is 13.1 Å². The maximum absolute atomic E-state index is 11.9. The number of hydrogen-bond donors (Lipinski definition) is 1. The molecule has 8 heteroatoms. The van der Waals surface area contributed by atoms with Gasteiger partial charge >= 0.3 is 0 Å². The second-order valence-electron chi connectivity index (χ2n) is 3.29. The molecular weight excluding hydrogens is 356 g/mol. The number of rotatable bonds is 4. The van der Waals surface area contributed by atoms with Crippen LogP contribution in [0.2, 0.25) is 0 Å². The molecule has 0 aliphatic rings. The molecule has 4 nitrogen and oxygen atoms in total. The summed E-state index contributed by atoms with van der Waals surface area (Å²) in [7, 11) is -3.53. The van der Waals surface area contributed by atoms with Crippen LogP contribution in [0.4, 0.5) is 0 Å². The van der Waals surface area contributed by atoms with E-state index in [2.05, 4.69) is 20.7 Å². The summed E-state index contributed by atoms with van der Waals surface area (Å²) in [6, 6.07) is 6.72. The highest BCUT2D eigenvalue weighted by molar-refractivity contribution is 9.10. The third-order valence-corrected chi connectivity index (χ3v) is 6.60. The van der Waals surface area contributed by atoms with Crippen LogP contribution in [-0.2, 0) is 16.6 Å². The summed E-state index contributed by atoms with van der Waals surface area (Å²) in [5.74, 6) is 0. The number of nitrogens with one attached hydrogen (secondary N) is 1. The van der Waals surface area contributed by atoms with Gasteiger partial charge in [0.15, 0.2) is 0 Å². The zero-order valence-electron chi connectivity index (χ0n) is 8.88. The van der Waals surface area contributed by atoms with Crippen molar-refractivity contribution in [3.8, 4) is 6.07 Å². The average Bonchev–Trinajstić information content (AvgIpc) is 2.95. The Morgan fingerprint density at radius 2 is 2.22 bits per heavy atom. The second kappa shape index (κ2) is 5.50. The Balaban J connectivity index is 2.10. The molecule has 0 saturated carbocycles. The summed E-state index contributed by atoms with van der Waals surface area (Å²) in [6.07, 6.45) is 0. The fourth-order valence-electron chi connectivity index (χ4n) is 1.21. The van der Waals surface area contributed by atoms with Crippen molar-refractivity contribution in [2.24, 2.45) is 0 Å².